The lowest BCUT2D eigenvalue weighted by Crippen LogP contribution is -2.30. The van der Waals surface area contributed by atoms with Crippen LogP contribution in [0.1, 0.15) is 13.8 Å². The summed E-state index contributed by atoms with van der Waals surface area (Å²) in [6, 6.07) is 3.16. The molecule has 0 saturated heterocycles. The van der Waals surface area contributed by atoms with E-state index in [1.807, 2.05) is 0 Å². The lowest BCUT2D eigenvalue weighted by Gasteiger charge is -2.10. The van der Waals surface area contributed by atoms with Gasteiger partial charge in [-0.05, 0) is 32.0 Å². The van der Waals surface area contributed by atoms with E-state index >= 15 is 0 Å². The first-order chi connectivity index (χ1) is 6.83. The van der Waals surface area contributed by atoms with Crippen LogP contribution < -0.4 is 4.72 Å². The second kappa shape index (κ2) is 4.47. The first-order valence-electron chi connectivity index (χ1n) is 4.30. The molecule has 0 fully saturated rings. The van der Waals surface area contributed by atoms with E-state index in [0.29, 0.717) is 0 Å². The topological polar surface area (TPSA) is 46.2 Å². The zero-order valence-corrected chi connectivity index (χ0v) is 9.86. The second-order valence-electron chi connectivity index (χ2n) is 3.35. The van der Waals surface area contributed by atoms with Crippen molar-refractivity contribution in [2.75, 3.05) is 0 Å². The molecule has 0 saturated carbocycles. The first kappa shape index (κ1) is 12.4. The molecule has 0 spiro atoms. The third kappa shape index (κ3) is 3.15. The van der Waals surface area contributed by atoms with Crippen LogP contribution in [-0.4, -0.2) is 14.5 Å². The highest BCUT2D eigenvalue weighted by atomic mass is 35.5. The maximum Gasteiger partial charge on any atom is 0.243 e. The fourth-order valence-corrected chi connectivity index (χ4v) is 2.54. The molecule has 0 heterocycles. The van der Waals surface area contributed by atoms with Gasteiger partial charge >= 0.3 is 0 Å². The second-order valence-corrected chi connectivity index (χ2v) is 5.47. The Hall–Kier alpha value is -0.650. The Morgan fingerprint density at radius 2 is 2.00 bits per heavy atom. The maximum atomic E-state index is 13.3. The quantitative estimate of drug-likeness (QED) is 0.895. The van der Waals surface area contributed by atoms with Crippen molar-refractivity contribution >= 4 is 21.6 Å². The molecule has 1 aromatic rings. The zero-order valence-electron chi connectivity index (χ0n) is 8.29. The third-order valence-corrected chi connectivity index (χ3v) is 3.50. The molecule has 0 aliphatic rings. The van der Waals surface area contributed by atoms with Gasteiger partial charge < -0.3 is 0 Å². The van der Waals surface area contributed by atoms with Gasteiger partial charge in [-0.15, -0.1) is 0 Å². The number of hydrogen-bond donors (Lipinski definition) is 1. The maximum absolute atomic E-state index is 13.3. The molecular formula is C9H11ClFNO2S. The van der Waals surface area contributed by atoms with Gasteiger partial charge in [-0.1, -0.05) is 11.6 Å². The molecule has 0 radical (unpaired) electrons. The zero-order chi connectivity index (χ0) is 11.6. The Labute approximate surface area is 93.3 Å². The van der Waals surface area contributed by atoms with E-state index < -0.39 is 15.8 Å². The van der Waals surface area contributed by atoms with Gasteiger partial charge in [-0.2, -0.15) is 0 Å². The Morgan fingerprint density at radius 3 is 2.47 bits per heavy atom. The Morgan fingerprint density at radius 1 is 1.40 bits per heavy atom. The van der Waals surface area contributed by atoms with Gasteiger partial charge in [0.15, 0.2) is 0 Å². The van der Waals surface area contributed by atoms with Gasteiger partial charge in [-0.25, -0.2) is 17.5 Å². The number of rotatable bonds is 3. The predicted molar refractivity (Wildman–Crippen MR) is 56.9 cm³/mol. The van der Waals surface area contributed by atoms with Crippen LogP contribution in [0.25, 0.3) is 0 Å². The summed E-state index contributed by atoms with van der Waals surface area (Å²) >= 11 is 5.52. The normalized spacial score (nSPS) is 12.1. The van der Waals surface area contributed by atoms with E-state index in [-0.39, 0.29) is 16.0 Å². The minimum absolute atomic E-state index is 0.163. The van der Waals surface area contributed by atoms with Gasteiger partial charge in [0.1, 0.15) is 10.7 Å². The van der Waals surface area contributed by atoms with Gasteiger partial charge in [0.25, 0.3) is 0 Å². The fourth-order valence-electron chi connectivity index (χ4n) is 1.07. The predicted octanol–water partition coefficient (Wildman–Crippen LogP) is 2.17. The van der Waals surface area contributed by atoms with Crippen molar-refractivity contribution < 1.29 is 12.8 Å². The molecule has 0 amide bonds. The molecule has 0 aliphatic carbocycles. The van der Waals surface area contributed by atoms with Gasteiger partial charge in [-0.3, -0.25) is 0 Å². The van der Waals surface area contributed by atoms with E-state index in [1.165, 1.54) is 6.07 Å². The molecule has 0 unspecified atom stereocenters. The highest BCUT2D eigenvalue weighted by molar-refractivity contribution is 7.89. The summed E-state index contributed by atoms with van der Waals surface area (Å²) in [5.41, 5.74) is 0. The molecular weight excluding hydrogens is 241 g/mol. The van der Waals surface area contributed by atoms with Crippen molar-refractivity contribution in [3.63, 3.8) is 0 Å². The van der Waals surface area contributed by atoms with E-state index in [4.69, 9.17) is 11.6 Å². The summed E-state index contributed by atoms with van der Waals surface area (Å²) in [5.74, 6) is -0.851. The van der Waals surface area contributed by atoms with Crippen LogP contribution in [0.15, 0.2) is 23.1 Å². The molecule has 0 aromatic heterocycles. The average molecular weight is 252 g/mol. The highest BCUT2D eigenvalue weighted by Gasteiger charge is 2.19. The van der Waals surface area contributed by atoms with E-state index in [0.717, 1.165) is 12.1 Å². The molecule has 0 aliphatic heterocycles. The lowest BCUT2D eigenvalue weighted by molar-refractivity contribution is 0.549. The van der Waals surface area contributed by atoms with Crippen LogP contribution in [-0.2, 0) is 10.0 Å². The van der Waals surface area contributed by atoms with Crippen LogP contribution in [0.5, 0.6) is 0 Å². The van der Waals surface area contributed by atoms with Crippen LogP contribution in [0.3, 0.4) is 0 Å². The van der Waals surface area contributed by atoms with Crippen molar-refractivity contribution in [2.45, 2.75) is 24.8 Å². The number of sulfonamides is 1. The van der Waals surface area contributed by atoms with Crippen molar-refractivity contribution in [2.24, 2.45) is 0 Å². The molecule has 1 N–H and O–H groups in total. The van der Waals surface area contributed by atoms with Crippen molar-refractivity contribution in [3.8, 4) is 0 Å². The minimum atomic E-state index is -3.79. The van der Waals surface area contributed by atoms with Crippen molar-refractivity contribution in [3.05, 3.63) is 29.0 Å². The van der Waals surface area contributed by atoms with E-state index in [2.05, 4.69) is 4.72 Å². The minimum Gasteiger partial charge on any atom is -0.209 e. The molecule has 3 nitrogen and oxygen atoms in total. The molecule has 15 heavy (non-hydrogen) atoms. The standard InChI is InChI=1S/C9H11ClFNO2S/c1-6(2)12-15(13,14)9-4-3-7(10)5-8(9)11/h3-6,12H,1-2H3. The number of benzene rings is 1. The van der Waals surface area contributed by atoms with Crippen molar-refractivity contribution in [1.29, 1.82) is 0 Å². The smallest absolute Gasteiger partial charge is 0.209 e. The largest absolute Gasteiger partial charge is 0.243 e. The highest BCUT2D eigenvalue weighted by Crippen LogP contribution is 2.18. The summed E-state index contributed by atoms with van der Waals surface area (Å²) in [5, 5.41) is 0.163. The summed E-state index contributed by atoms with van der Waals surface area (Å²) in [7, 11) is -3.79. The lowest BCUT2D eigenvalue weighted by atomic mass is 10.3. The van der Waals surface area contributed by atoms with Gasteiger partial charge in [0.2, 0.25) is 10.0 Å². The molecule has 1 rings (SSSR count). The van der Waals surface area contributed by atoms with E-state index in [1.54, 1.807) is 13.8 Å². The van der Waals surface area contributed by atoms with Crippen LogP contribution >= 0.6 is 11.6 Å². The summed E-state index contributed by atoms with van der Waals surface area (Å²) < 4.78 is 38.7. The molecule has 6 heteroatoms. The number of hydrogen-bond acceptors (Lipinski definition) is 2. The van der Waals surface area contributed by atoms with Gasteiger partial charge in [0.05, 0.1) is 0 Å². The Balaban J connectivity index is 3.16. The number of nitrogens with one attached hydrogen (secondary N) is 1. The van der Waals surface area contributed by atoms with Crippen LogP contribution in [0.2, 0.25) is 5.02 Å². The summed E-state index contributed by atoms with van der Waals surface area (Å²) in [4.78, 5) is -0.388. The van der Waals surface area contributed by atoms with Crippen molar-refractivity contribution in [1.82, 2.24) is 4.72 Å². The van der Waals surface area contributed by atoms with Crippen LogP contribution in [0, 0.1) is 5.82 Å². The monoisotopic (exact) mass is 251 g/mol. The third-order valence-electron chi connectivity index (χ3n) is 1.57. The molecule has 0 bridgehead atoms. The summed E-state index contributed by atoms with van der Waals surface area (Å²) in [6.45, 7) is 3.32. The molecule has 1 aromatic carbocycles. The average Bonchev–Trinajstić information content (AvgIpc) is 1.99. The van der Waals surface area contributed by atoms with Crippen LogP contribution in [0.4, 0.5) is 4.39 Å². The summed E-state index contributed by atoms with van der Waals surface area (Å²) in [6.07, 6.45) is 0. The molecule has 0 atom stereocenters. The van der Waals surface area contributed by atoms with E-state index in [9.17, 15) is 12.8 Å². The molecule has 84 valence electrons. The first-order valence-corrected chi connectivity index (χ1v) is 6.16. The SMILES string of the molecule is CC(C)NS(=O)(=O)c1ccc(Cl)cc1F. The Bertz CT molecular complexity index is 459. The fraction of sp³-hybridized carbons (Fsp3) is 0.333. The van der Waals surface area contributed by atoms with Gasteiger partial charge in [0, 0.05) is 11.1 Å². The Kier molecular flexibility index (Phi) is 3.70. The number of halogens is 2.